The van der Waals surface area contributed by atoms with Crippen molar-refractivity contribution in [2.24, 2.45) is 22.7 Å². The number of hydrogen-bond acceptors (Lipinski definition) is 8. The first-order chi connectivity index (χ1) is 23.3. The van der Waals surface area contributed by atoms with Crippen LogP contribution in [-0.2, 0) is 24.8 Å². The molecule has 49 heavy (non-hydrogen) atoms. The minimum Gasteiger partial charge on any atom is -0.394 e. The molecule has 2 aromatic rings. The number of benzene rings is 2. The molecule has 0 radical (unpaired) electrons. The van der Waals surface area contributed by atoms with Crippen LogP contribution in [0.4, 0.5) is 14.5 Å². The Hall–Kier alpha value is -2.60. The molecule has 3 N–H and O–H groups in total. The standard InChI is InChI=1S/C39H45F2NO6S/c1-21(2)42-24-6-5-7-26(14-24)49-20-22-8-10-23(11-9-22)35-47-33-17-27-28-16-30(40)29-15-25(44)12-13-36(29,3)38(28,41)32(45)18-37(27,4)39(33,48-35)34-31(19-43)46-34/h5-15,21,27-28,30-35,42-43,45H,16-20H2,1-4H3/t27-,28-,30-,31?,32-,33+,34?,35-,36-,37-,38-,39-/m0/s1. The van der Waals surface area contributed by atoms with Crippen molar-refractivity contribution in [2.45, 2.75) is 112 Å². The fraction of sp³-hybridized carbons (Fsp3) is 0.564. The van der Waals surface area contributed by atoms with Crippen molar-refractivity contribution in [2.75, 3.05) is 11.9 Å². The van der Waals surface area contributed by atoms with Crippen LogP contribution in [0.3, 0.4) is 0 Å². The lowest BCUT2D eigenvalue weighted by Crippen LogP contribution is -2.70. The topological polar surface area (TPSA) is 101 Å². The number of halogens is 2. The Kier molecular flexibility index (Phi) is 8.02. The van der Waals surface area contributed by atoms with E-state index in [9.17, 15) is 15.0 Å². The minimum atomic E-state index is -2.19. The van der Waals surface area contributed by atoms with Gasteiger partial charge in [-0.05, 0) is 87.4 Å². The lowest BCUT2D eigenvalue weighted by atomic mass is 9.44. The summed E-state index contributed by atoms with van der Waals surface area (Å²) in [6, 6.07) is 16.9. The van der Waals surface area contributed by atoms with Crippen LogP contribution in [0, 0.1) is 22.7 Å². The van der Waals surface area contributed by atoms with E-state index in [1.165, 1.54) is 23.1 Å². The fourth-order valence-electron chi connectivity index (χ4n) is 10.3. The number of ketones is 1. The molecule has 10 heteroatoms. The van der Waals surface area contributed by atoms with Crippen LogP contribution < -0.4 is 5.32 Å². The van der Waals surface area contributed by atoms with Crippen LogP contribution in [0.1, 0.15) is 64.4 Å². The van der Waals surface area contributed by atoms with Crippen LogP contribution in [0.5, 0.6) is 0 Å². The average Bonchev–Trinajstić information content (AvgIpc) is 3.70. The number of thioether (sulfide) groups is 1. The second kappa shape index (κ2) is 11.7. The third-order valence-electron chi connectivity index (χ3n) is 12.6. The summed E-state index contributed by atoms with van der Waals surface area (Å²) in [6.45, 7) is 7.64. The third kappa shape index (κ3) is 4.88. The van der Waals surface area contributed by atoms with Gasteiger partial charge in [-0.1, -0.05) is 43.3 Å². The number of anilines is 1. The Morgan fingerprint density at radius 3 is 2.57 bits per heavy atom. The number of fused-ring (bicyclic) bond motifs is 7. The van der Waals surface area contributed by atoms with E-state index in [-0.39, 0.29) is 30.8 Å². The van der Waals surface area contributed by atoms with Gasteiger partial charge in [-0.25, -0.2) is 8.78 Å². The quantitative estimate of drug-likeness (QED) is 0.209. The van der Waals surface area contributed by atoms with Gasteiger partial charge in [0.1, 0.15) is 24.0 Å². The van der Waals surface area contributed by atoms with E-state index in [0.29, 0.717) is 12.5 Å². The van der Waals surface area contributed by atoms with Crippen LogP contribution in [0.25, 0.3) is 0 Å². The molecule has 0 bridgehead atoms. The van der Waals surface area contributed by atoms with Gasteiger partial charge in [0.15, 0.2) is 17.7 Å². The van der Waals surface area contributed by atoms with Gasteiger partial charge in [0.25, 0.3) is 0 Å². The van der Waals surface area contributed by atoms with E-state index in [2.05, 4.69) is 55.6 Å². The molecule has 0 spiro atoms. The number of aliphatic hydroxyl groups excluding tert-OH is 2. The summed E-state index contributed by atoms with van der Waals surface area (Å²) in [4.78, 5) is 13.4. The van der Waals surface area contributed by atoms with E-state index in [1.54, 1.807) is 18.7 Å². The monoisotopic (exact) mass is 693 g/mol. The average molecular weight is 694 g/mol. The Balaban J connectivity index is 1.05. The number of rotatable bonds is 8. The normalized spacial score (nSPS) is 43.4. The Bertz CT molecular complexity index is 1700. The minimum absolute atomic E-state index is 0.0426. The van der Waals surface area contributed by atoms with Gasteiger partial charge in [-0.15, -0.1) is 11.8 Å². The second-order valence-electron chi connectivity index (χ2n) is 15.6. The summed E-state index contributed by atoms with van der Waals surface area (Å²) in [7, 11) is 0. The molecule has 4 aliphatic carbocycles. The highest BCUT2D eigenvalue weighted by Gasteiger charge is 2.82. The summed E-state index contributed by atoms with van der Waals surface area (Å²) in [5.74, 6) is -0.829. The molecule has 2 saturated heterocycles. The molecule has 3 saturated carbocycles. The summed E-state index contributed by atoms with van der Waals surface area (Å²) in [5, 5.41) is 25.4. The molecule has 0 amide bonds. The number of nitrogens with one attached hydrogen (secondary N) is 1. The fourth-order valence-corrected chi connectivity index (χ4v) is 11.2. The number of alkyl halides is 2. The molecule has 5 fully saturated rings. The summed E-state index contributed by atoms with van der Waals surface area (Å²) in [5.41, 5.74) is -2.40. The molecule has 6 aliphatic rings. The zero-order valence-corrected chi connectivity index (χ0v) is 29.1. The summed E-state index contributed by atoms with van der Waals surface area (Å²) >= 11 is 1.76. The maximum absolute atomic E-state index is 17.7. The number of carbonyl (C=O) groups excluding carboxylic acids is 1. The van der Waals surface area contributed by atoms with Crippen LogP contribution in [0.15, 0.2) is 77.2 Å². The maximum atomic E-state index is 17.7. The van der Waals surface area contributed by atoms with Gasteiger partial charge in [0.2, 0.25) is 0 Å². The van der Waals surface area contributed by atoms with Gasteiger partial charge in [0, 0.05) is 44.7 Å². The first-order valence-electron chi connectivity index (χ1n) is 17.5. The molecule has 8 rings (SSSR count). The van der Waals surface area contributed by atoms with E-state index in [4.69, 9.17) is 14.2 Å². The van der Waals surface area contributed by atoms with Crippen LogP contribution >= 0.6 is 11.8 Å². The van der Waals surface area contributed by atoms with Gasteiger partial charge in [-0.3, -0.25) is 4.79 Å². The van der Waals surface area contributed by atoms with Gasteiger partial charge < -0.3 is 29.7 Å². The van der Waals surface area contributed by atoms with E-state index < -0.39 is 70.8 Å². The highest BCUT2D eigenvalue weighted by Crippen LogP contribution is 2.74. The lowest BCUT2D eigenvalue weighted by Gasteiger charge is -2.63. The largest absolute Gasteiger partial charge is 0.394 e. The molecular formula is C39H45F2NO6S. The van der Waals surface area contributed by atoms with Gasteiger partial charge >= 0.3 is 0 Å². The predicted octanol–water partition coefficient (Wildman–Crippen LogP) is 6.64. The smallest absolute Gasteiger partial charge is 0.185 e. The molecule has 2 aliphatic heterocycles. The molecule has 7 nitrogen and oxygen atoms in total. The van der Waals surface area contributed by atoms with Crippen molar-refractivity contribution in [1.82, 2.24) is 0 Å². The molecule has 12 atom stereocenters. The number of carbonyl (C=O) groups is 1. The molecule has 262 valence electrons. The number of hydrogen-bond donors (Lipinski definition) is 3. The zero-order valence-electron chi connectivity index (χ0n) is 28.3. The van der Waals surface area contributed by atoms with E-state index >= 15 is 8.78 Å². The molecule has 2 unspecified atom stereocenters. The van der Waals surface area contributed by atoms with Gasteiger partial charge in [-0.2, -0.15) is 0 Å². The van der Waals surface area contributed by atoms with Crippen LogP contribution in [-0.4, -0.2) is 70.5 Å². The van der Waals surface area contributed by atoms with Crippen molar-refractivity contribution >= 4 is 23.2 Å². The second-order valence-corrected chi connectivity index (χ2v) is 16.6. The van der Waals surface area contributed by atoms with Crippen molar-refractivity contribution in [1.29, 1.82) is 0 Å². The number of epoxide rings is 1. The number of aliphatic hydroxyl groups is 2. The third-order valence-corrected chi connectivity index (χ3v) is 13.6. The van der Waals surface area contributed by atoms with Crippen molar-refractivity contribution in [3.05, 3.63) is 83.5 Å². The molecule has 2 aromatic carbocycles. The Labute approximate surface area is 290 Å². The zero-order chi connectivity index (χ0) is 34.5. The maximum Gasteiger partial charge on any atom is 0.185 e. The first kappa shape index (κ1) is 33.5. The molecular weight excluding hydrogens is 648 g/mol. The first-order valence-corrected chi connectivity index (χ1v) is 18.5. The highest BCUT2D eigenvalue weighted by molar-refractivity contribution is 7.98. The van der Waals surface area contributed by atoms with Gasteiger partial charge in [0.05, 0.1) is 18.8 Å². The summed E-state index contributed by atoms with van der Waals surface area (Å²) in [6.07, 6.45) is -0.941. The molecule has 0 aromatic heterocycles. The molecule has 2 heterocycles. The Morgan fingerprint density at radius 1 is 1.08 bits per heavy atom. The van der Waals surface area contributed by atoms with E-state index in [1.807, 2.05) is 19.1 Å². The van der Waals surface area contributed by atoms with Crippen molar-refractivity contribution < 1.29 is 38.0 Å². The number of allylic oxidation sites excluding steroid dienone is 4. The van der Waals surface area contributed by atoms with Crippen molar-refractivity contribution in [3.8, 4) is 0 Å². The SMILES string of the molecule is CC(C)Nc1cccc(SCc2ccc([C@H]3O[C@@H]4C[C@H]5[C@@H]6C[C@H](F)C7=CC(=O)C=C[C@]7(C)[C@@]6(F)[C@@H](O)C[C@]5(C)[C@]4(C4OC4CO)O3)cc2)c1. The highest BCUT2D eigenvalue weighted by atomic mass is 32.2. The predicted molar refractivity (Wildman–Crippen MR) is 182 cm³/mol. The van der Waals surface area contributed by atoms with E-state index in [0.717, 1.165) is 22.6 Å². The number of ether oxygens (including phenoxy) is 3. The lowest BCUT2D eigenvalue weighted by molar-refractivity contribution is -0.240. The summed E-state index contributed by atoms with van der Waals surface area (Å²) < 4.78 is 53.4. The van der Waals surface area contributed by atoms with Crippen molar-refractivity contribution in [3.63, 3.8) is 0 Å². The Morgan fingerprint density at radius 2 is 1.86 bits per heavy atom. The van der Waals surface area contributed by atoms with Crippen LogP contribution in [0.2, 0.25) is 0 Å².